The number of rotatable bonds is 7. The van der Waals surface area contributed by atoms with E-state index in [4.69, 9.17) is 16.2 Å². The fraction of sp³-hybridized carbons (Fsp3) is 0.385. The van der Waals surface area contributed by atoms with Gasteiger partial charge in [-0.1, -0.05) is 30.3 Å². The highest BCUT2D eigenvalue weighted by Gasteiger charge is 2.15. The number of esters is 1. The normalized spacial score (nSPS) is 11.8. The van der Waals surface area contributed by atoms with Crippen molar-refractivity contribution in [1.29, 1.82) is 0 Å². The minimum absolute atomic E-state index is 0.0922. The van der Waals surface area contributed by atoms with Crippen molar-refractivity contribution in [3.05, 3.63) is 35.9 Å². The highest BCUT2D eigenvalue weighted by molar-refractivity contribution is 5.78. The molecule has 98 valence electrons. The van der Waals surface area contributed by atoms with E-state index in [0.717, 1.165) is 5.56 Å². The van der Waals surface area contributed by atoms with E-state index in [0.29, 0.717) is 6.42 Å². The van der Waals surface area contributed by atoms with Crippen molar-refractivity contribution in [3.8, 4) is 0 Å². The van der Waals surface area contributed by atoms with Crippen molar-refractivity contribution in [2.45, 2.75) is 25.3 Å². The maximum Gasteiger partial charge on any atom is 0.322 e. The summed E-state index contributed by atoms with van der Waals surface area (Å²) in [6, 6.07) is 8.91. The molecule has 5 nitrogen and oxygen atoms in total. The Morgan fingerprint density at radius 3 is 2.50 bits per heavy atom. The first-order valence-electron chi connectivity index (χ1n) is 5.84. The average Bonchev–Trinajstić information content (AvgIpc) is 2.37. The van der Waals surface area contributed by atoms with E-state index < -0.39 is 17.9 Å². The monoisotopic (exact) mass is 250 g/mol. The third kappa shape index (κ3) is 5.45. The zero-order valence-corrected chi connectivity index (χ0v) is 10.2. The first-order chi connectivity index (χ1) is 8.59. The van der Waals surface area contributed by atoms with Crippen molar-refractivity contribution in [2.24, 2.45) is 11.5 Å². The molecule has 0 aliphatic heterocycles. The number of carbonyl (C=O) groups excluding carboxylic acids is 2. The fourth-order valence-electron chi connectivity index (χ4n) is 1.44. The van der Waals surface area contributed by atoms with Crippen LogP contribution in [0.4, 0.5) is 0 Å². The van der Waals surface area contributed by atoms with E-state index in [2.05, 4.69) is 0 Å². The Kier molecular flexibility index (Phi) is 5.87. The van der Waals surface area contributed by atoms with Gasteiger partial charge in [0, 0.05) is 12.8 Å². The van der Waals surface area contributed by atoms with Crippen LogP contribution in [-0.2, 0) is 20.7 Å². The summed E-state index contributed by atoms with van der Waals surface area (Å²) in [5.41, 5.74) is 11.6. The topological polar surface area (TPSA) is 95.4 Å². The Balaban J connectivity index is 2.22. The summed E-state index contributed by atoms with van der Waals surface area (Å²) < 4.78 is 5.02. The molecule has 0 aliphatic carbocycles. The molecule has 1 atom stereocenters. The van der Waals surface area contributed by atoms with E-state index in [1.165, 1.54) is 0 Å². The summed E-state index contributed by atoms with van der Waals surface area (Å²) in [6.45, 7) is 0.285. The molecule has 0 bridgehead atoms. The molecule has 1 aromatic rings. The molecule has 4 N–H and O–H groups in total. The van der Waals surface area contributed by atoms with E-state index in [9.17, 15) is 9.59 Å². The second kappa shape index (κ2) is 7.45. The molecular weight excluding hydrogens is 232 g/mol. The van der Waals surface area contributed by atoms with Crippen LogP contribution in [0.1, 0.15) is 18.4 Å². The highest BCUT2D eigenvalue weighted by atomic mass is 16.5. The predicted octanol–water partition coefficient (Wildman–Crippen LogP) is 0.365. The quantitative estimate of drug-likeness (QED) is 0.683. The molecule has 0 spiro atoms. The zero-order valence-electron chi connectivity index (χ0n) is 10.2. The number of primary amides is 1. The summed E-state index contributed by atoms with van der Waals surface area (Å²) in [7, 11) is 0. The maximum absolute atomic E-state index is 11.4. The van der Waals surface area contributed by atoms with Crippen LogP contribution < -0.4 is 11.5 Å². The number of nitrogens with two attached hydrogens (primary N) is 2. The van der Waals surface area contributed by atoms with Crippen LogP contribution in [0.3, 0.4) is 0 Å². The molecule has 0 unspecified atom stereocenters. The first kappa shape index (κ1) is 14.2. The Morgan fingerprint density at radius 1 is 1.22 bits per heavy atom. The summed E-state index contributed by atoms with van der Waals surface area (Å²) in [5, 5.41) is 0. The van der Waals surface area contributed by atoms with Crippen molar-refractivity contribution < 1.29 is 14.3 Å². The first-order valence-corrected chi connectivity index (χ1v) is 5.84. The summed E-state index contributed by atoms with van der Waals surface area (Å²) in [6.07, 6.45) is 0.962. The number of benzene rings is 1. The average molecular weight is 250 g/mol. The highest BCUT2D eigenvalue weighted by Crippen LogP contribution is 2.01. The van der Waals surface area contributed by atoms with Crippen LogP contribution in [-0.4, -0.2) is 24.5 Å². The second-order valence-electron chi connectivity index (χ2n) is 4.01. The van der Waals surface area contributed by atoms with Crippen LogP contribution in [0.15, 0.2) is 30.3 Å². The standard InChI is InChI=1S/C13H18N2O3/c14-11(6-7-12(15)16)13(17)18-9-8-10-4-2-1-3-5-10/h1-5,11H,6-9,14H2,(H2,15,16)/t11-/m0/s1. The van der Waals surface area contributed by atoms with Gasteiger partial charge in [0.25, 0.3) is 0 Å². The van der Waals surface area contributed by atoms with E-state index in [-0.39, 0.29) is 19.4 Å². The number of carbonyl (C=O) groups is 2. The smallest absolute Gasteiger partial charge is 0.322 e. The Bertz CT molecular complexity index is 392. The molecule has 0 heterocycles. The van der Waals surface area contributed by atoms with Gasteiger partial charge < -0.3 is 16.2 Å². The molecule has 18 heavy (non-hydrogen) atoms. The molecule has 0 saturated heterocycles. The van der Waals surface area contributed by atoms with Gasteiger partial charge in [-0.15, -0.1) is 0 Å². The van der Waals surface area contributed by atoms with Crippen LogP contribution in [0.5, 0.6) is 0 Å². The third-order valence-electron chi connectivity index (χ3n) is 2.48. The van der Waals surface area contributed by atoms with Gasteiger partial charge in [-0.05, 0) is 12.0 Å². The van der Waals surface area contributed by atoms with Gasteiger partial charge in [0.2, 0.25) is 5.91 Å². The van der Waals surface area contributed by atoms with Gasteiger partial charge >= 0.3 is 5.97 Å². The van der Waals surface area contributed by atoms with E-state index in [1.807, 2.05) is 30.3 Å². The van der Waals surface area contributed by atoms with E-state index >= 15 is 0 Å². The van der Waals surface area contributed by atoms with E-state index in [1.54, 1.807) is 0 Å². The van der Waals surface area contributed by atoms with Gasteiger partial charge in [-0.3, -0.25) is 9.59 Å². The second-order valence-corrected chi connectivity index (χ2v) is 4.01. The Hall–Kier alpha value is -1.88. The molecule has 1 rings (SSSR count). The lowest BCUT2D eigenvalue weighted by Crippen LogP contribution is -2.33. The van der Waals surface area contributed by atoms with Gasteiger partial charge in [0.05, 0.1) is 6.61 Å². The lowest BCUT2D eigenvalue weighted by atomic mass is 10.1. The lowest BCUT2D eigenvalue weighted by Gasteiger charge is -2.10. The minimum Gasteiger partial charge on any atom is -0.464 e. The Labute approximate surface area is 106 Å². The van der Waals surface area contributed by atoms with Gasteiger partial charge in [0.1, 0.15) is 6.04 Å². The SMILES string of the molecule is NC(=O)CC[C@H](N)C(=O)OCCc1ccccc1. The van der Waals surface area contributed by atoms with Crippen molar-refractivity contribution in [2.75, 3.05) is 6.61 Å². The molecule has 0 fully saturated rings. The van der Waals surface area contributed by atoms with Crippen LogP contribution >= 0.6 is 0 Å². The fourth-order valence-corrected chi connectivity index (χ4v) is 1.44. The number of amides is 1. The molecule has 1 amide bonds. The number of hydrogen-bond donors (Lipinski definition) is 2. The maximum atomic E-state index is 11.4. The molecule has 0 saturated carbocycles. The Morgan fingerprint density at radius 2 is 1.89 bits per heavy atom. The van der Waals surface area contributed by atoms with Crippen LogP contribution in [0.2, 0.25) is 0 Å². The van der Waals surface area contributed by atoms with Gasteiger partial charge in [-0.2, -0.15) is 0 Å². The van der Waals surface area contributed by atoms with Gasteiger partial charge in [0.15, 0.2) is 0 Å². The van der Waals surface area contributed by atoms with Crippen LogP contribution in [0.25, 0.3) is 0 Å². The third-order valence-corrected chi connectivity index (χ3v) is 2.48. The summed E-state index contributed by atoms with van der Waals surface area (Å²) in [5.74, 6) is -0.963. The van der Waals surface area contributed by atoms with Crippen molar-refractivity contribution in [1.82, 2.24) is 0 Å². The molecule has 1 aromatic carbocycles. The summed E-state index contributed by atoms with van der Waals surface area (Å²) >= 11 is 0. The molecule has 0 aliphatic rings. The van der Waals surface area contributed by atoms with Crippen LogP contribution in [0, 0.1) is 0 Å². The molecular formula is C13H18N2O3. The number of ether oxygens (including phenoxy) is 1. The number of hydrogen-bond acceptors (Lipinski definition) is 4. The lowest BCUT2D eigenvalue weighted by molar-refractivity contribution is -0.145. The largest absolute Gasteiger partial charge is 0.464 e. The van der Waals surface area contributed by atoms with Gasteiger partial charge in [-0.25, -0.2) is 0 Å². The minimum atomic E-state index is -0.784. The summed E-state index contributed by atoms with van der Waals surface area (Å²) in [4.78, 5) is 22.0. The predicted molar refractivity (Wildman–Crippen MR) is 67.5 cm³/mol. The molecule has 0 radical (unpaired) electrons. The van der Waals surface area contributed by atoms with Crippen molar-refractivity contribution >= 4 is 11.9 Å². The molecule has 0 aromatic heterocycles. The zero-order chi connectivity index (χ0) is 13.4. The molecule has 5 heteroatoms. The van der Waals surface area contributed by atoms with Crippen molar-refractivity contribution in [3.63, 3.8) is 0 Å².